The second-order valence-electron chi connectivity index (χ2n) is 8.67. The molecule has 2 amide bonds. The molecule has 0 bridgehead atoms. The molecule has 6 heteroatoms. The minimum Gasteiger partial charge on any atom is -0.355 e. The molecule has 2 aromatic rings. The number of hydrogen-bond acceptors (Lipinski definition) is 4. The van der Waals surface area contributed by atoms with Crippen molar-refractivity contribution in [2.45, 2.75) is 52.0 Å². The summed E-state index contributed by atoms with van der Waals surface area (Å²) in [6.45, 7) is 3.12. The summed E-state index contributed by atoms with van der Waals surface area (Å²) >= 11 is 0. The van der Waals surface area contributed by atoms with E-state index in [0.717, 1.165) is 41.6 Å². The van der Waals surface area contributed by atoms with E-state index in [0.29, 0.717) is 19.5 Å². The number of nitrogens with two attached hydrogens (primary N) is 1. The summed E-state index contributed by atoms with van der Waals surface area (Å²) in [5.74, 6) is 5.85. The average Bonchev–Trinajstić information content (AvgIpc) is 2.84. The first kappa shape index (κ1) is 25.2. The molecule has 34 heavy (non-hydrogen) atoms. The SMILES string of the molecule is CC(CNC(=O)CCCCCN)C(=O)CCC(=O)N1Cc2ccccc2C#Cc2ccccc21. The van der Waals surface area contributed by atoms with E-state index in [2.05, 4.69) is 17.2 Å². The maximum Gasteiger partial charge on any atom is 0.227 e. The lowest BCUT2D eigenvalue weighted by Gasteiger charge is -2.26. The Labute approximate surface area is 201 Å². The first-order chi connectivity index (χ1) is 16.5. The number of Topliss-reactive ketones (excluding diaryl/α,β-unsaturated/α-hetero) is 1. The van der Waals surface area contributed by atoms with Gasteiger partial charge in [0.2, 0.25) is 11.8 Å². The lowest BCUT2D eigenvalue weighted by molar-refractivity contribution is -0.126. The largest absolute Gasteiger partial charge is 0.355 e. The van der Waals surface area contributed by atoms with Crippen LogP contribution in [-0.4, -0.2) is 30.7 Å². The number of para-hydroxylation sites is 1. The number of unbranched alkanes of at least 4 members (excludes halogenated alkanes) is 2. The zero-order valence-electron chi connectivity index (χ0n) is 19.8. The van der Waals surface area contributed by atoms with Crippen LogP contribution in [0.2, 0.25) is 0 Å². The van der Waals surface area contributed by atoms with Gasteiger partial charge in [-0.3, -0.25) is 14.4 Å². The topological polar surface area (TPSA) is 92.5 Å². The van der Waals surface area contributed by atoms with E-state index in [1.807, 2.05) is 48.5 Å². The van der Waals surface area contributed by atoms with Gasteiger partial charge in [0.25, 0.3) is 0 Å². The van der Waals surface area contributed by atoms with E-state index in [4.69, 9.17) is 5.73 Å². The third kappa shape index (κ3) is 7.03. The molecule has 3 rings (SSSR count). The number of carbonyl (C=O) groups excluding carboxylic acids is 3. The Morgan fingerprint density at radius 1 is 0.941 bits per heavy atom. The number of nitrogens with one attached hydrogen (secondary N) is 1. The zero-order chi connectivity index (χ0) is 24.3. The quantitative estimate of drug-likeness (QED) is 0.397. The summed E-state index contributed by atoms with van der Waals surface area (Å²) in [4.78, 5) is 39.6. The monoisotopic (exact) mass is 459 g/mol. The van der Waals surface area contributed by atoms with Crippen LogP contribution in [0.25, 0.3) is 0 Å². The molecule has 0 saturated carbocycles. The fourth-order valence-electron chi connectivity index (χ4n) is 3.89. The van der Waals surface area contributed by atoms with Gasteiger partial charge in [-0.25, -0.2) is 0 Å². The van der Waals surface area contributed by atoms with Crippen LogP contribution in [0.15, 0.2) is 48.5 Å². The molecule has 0 saturated heterocycles. The first-order valence-electron chi connectivity index (χ1n) is 12.0. The molecule has 0 aliphatic carbocycles. The predicted octanol–water partition coefficient (Wildman–Crippen LogP) is 3.55. The van der Waals surface area contributed by atoms with Gasteiger partial charge in [-0.15, -0.1) is 0 Å². The molecule has 1 unspecified atom stereocenters. The van der Waals surface area contributed by atoms with Gasteiger partial charge < -0.3 is 16.0 Å². The lowest BCUT2D eigenvalue weighted by Crippen LogP contribution is -2.34. The highest BCUT2D eigenvalue weighted by atomic mass is 16.2. The van der Waals surface area contributed by atoms with Gasteiger partial charge in [0.15, 0.2) is 0 Å². The Balaban J connectivity index is 1.57. The van der Waals surface area contributed by atoms with Gasteiger partial charge in [-0.05, 0) is 43.1 Å². The van der Waals surface area contributed by atoms with Crippen molar-refractivity contribution in [2.24, 2.45) is 11.7 Å². The highest BCUT2D eigenvalue weighted by Gasteiger charge is 2.23. The van der Waals surface area contributed by atoms with Crippen LogP contribution in [0, 0.1) is 17.8 Å². The van der Waals surface area contributed by atoms with E-state index in [9.17, 15) is 14.4 Å². The fraction of sp³-hybridized carbons (Fsp3) is 0.393. The Morgan fingerprint density at radius 2 is 1.65 bits per heavy atom. The van der Waals surface area contributed by atoms with E-state index in [1.54, 1.807) is 11.8 Å². The molecule has 3 N–H and O–H groups in total. The molecule has 1 atom stereocenters. The Kier molecular flexibility index (Phi) is 9.42. The number of hydrogen-bond donors (Lipinski definition) is 2. The summed E-state index contributed by atoms with van der Waals surface area (Å²) in [6.07, 6.45) is 3.33. The van der Waals surface area contributed by atoms with E-state index in [-0.39, 0.29) is 42.9 Å². The third-order valence-electron chi connectivity index (χ3n) is 6.02. The number of anilines is 1. The maximum atomic E-state index is 13.2. The molecule has 0 fully saturated rings. The van der Waals surface area contributed by atoms with Crippen molar-refractivity contribution in [3.05, 3.63) is 65.2 Å². The maximum absolute atomic E-state index is 13.2. The number of nitrogens with zero attached hydrogens (tertiary/aromatic N) is 1. The Hall–Kier alpha value is -3.43. The number of carbonyl (C=O) groups is 3. The van der Waals surface area contributed by atoms with Crippen LogP contribution >= 0.6 is 0 Å². The fourth-order valence-corrected chi connectivity index (χ4v) is 3.89. The van der Waals surface area contributed by atoms with Crippen molar-refractivity contribution < 1.29 is 14.4 Å². The summed E-state index contributed by atoms with van der Waals surface area (Å²) < 4.78 is 0. The number of fused-ring (bicyclic) bond motifs is 2. The first-order valence-corrected chi connectivity index (χ1v) is 12.0. The van der Waals surface area contributed by atoms with Crippen LogP contribution in [0.3, 0.4) is 0 Å². The van der Waals surface area contributed by atoms with Crippen LogP contribution in [0.4, 0.5) is 5.69 Å². The van der Waals surface area contributed by atoms with E-state index < -0.39 is 0 Å². The smallest absolute Gasteiger partial charge is 0.227 e. The minimum absolute atomic E-state index is 0.0303. The van der Waals surface area contributed by atoms with Gasteiger partial charge in [0.1, 0.15) is 5.78 Å². The Bertz CT molecular complexity index is 1080. The predicted molar refractivity (Wildman–Crippen MR) is 134 cm³/mol. The van der Waals surface area contributed by atoms with Crippen molar-refractivity contribution in [2.75, 3.05) is 18.0 Å². The van der Waals surface area contributed by atoms with E-state index >= 15 is 0 Å². The molecule has 1 heterocycles. The molecule has 0 radical (unpaired) electrons. The standard InChI is InChI=1S/C28H33N3O3/c1-21(19-30-27(33)13-3-2-8-18-29)26(32)16-17-28(34)31-20-24-11-5-4-9-22(24)14-15-23-10-6-7-12-25(23)31/h4-7,9-12,21H,2-3,8,13,16-20,29H2,1H3,(H,30,33). The molecular formula is C28H33N3O3. The second-order valence-corrected chi connectivity index (χ2v) is 8.67. The molecule has 2 aromatic carbocycles. The summed E-state index contributed by atoms with van der Waals surface area (Å²) in [7, 11) is 0. The molecular weight excluding hydrogens is 426 g/mol. The minimum atomic E-state index is -0.341. The molecule has 1 aliphatic heterocycles. The Morgan fingerprint density at radius 3 is 2.44 bits per heavy atom. The number of rotatable bonds is 11. The van der Waals surface area contributed by atoms with Crippen LogP contribution in [-0.2, 0) is 20.9 Å². The third-order valence-corrected chi connectivity index (χ3v) is 6.02. The van der Waals surface area contributed by atoms with Crippen LogP contribution in [0.1, 0.15) is 62.1 Å². The number of ketones is 1. The summed E-state index contributed by atoms with van der Waals surface area (Å²) in [6, 6.07) is 15.4. The van der Waals surface area contributed by atoms with Gasteiger partial charge in [-0.2, -0.15) is 0 Å². The molecule has 0 aromatic heterocycles. The lowest BCUT2D eigenvalue weighted by atomic mass is 10.00. The average molecular weight is 460 g/mol. The van der Waals surface area contributed by atoms with Crippen molar-refractivity contribution in [1.29, 1.82) is 0 Å². The van der Waals surface area contributed by atoms with Crippen molar-refractivity contribution >= 4 is 23.3 Å². The number of benzene rings is 2. The normalized spacial score (nSPS) is 12.8. The summed E-state index contributed by atoms with van der Waals surface area (Å²) in [5.41, 5.74) is 8.89. The van der Waals surface area contributed by atoms with Crippen LogP contribution < -0.4 is 16.0 Å². The van der Waals surface area contributed by atoms with Gasteiger partial charge >= 0.3 is 0 Å². The van der Waals surface area contributed by atoms with Crippen molar-refractivity contribution in [3.8, 4) is 11.8 Å². The van der Waals surface area contributed by atoms with Crippen molar-refractivity contribution in [3.63, 3.8) is 0 Å². The van der Waals surface area contributed by atoms with Gasteiger partial charge in [-0.1, -0.05) is 55.5 Å². The highest BCUT2D eigenvalue weighted by molar-refractivity contribution is 5.97. The van der Waals surface area contributed by atoms with Crippen molar-refractivity contribution in [1.82, 2.24) is 5.32 Å². The molecule has 6 nitrogen and oxygen atoms in total. The zero-order valence-corrected chi connectivity index (χ0v) is 19.8. The molecule has 0 spiro atoms. The molecule has 178 valence electrons. The highest BCUT2D eigenvalue weighted by Crippen LogP contribution is 2.26. The molecule has 1 aliphatic rings. The number of amides is 2. The second kappa shape index (κ2) is 12.7. The van der Waals surface area contributed by atoms with Crippen LogP contribution in [0.5, 0.6) is 0 Å². The summed E-state index contributed by atoms with van der Waals surface area (Å²) in [5, 5.41) is 2.83. The van der Waals surface area contributed by atoms with Gasteiger partial charge in [0.05, 0.1) is 12.2 Å². The van der Waals surface area contributed by atoms with Gasteiger partial charge in [0, 0.05) is 42.9 Å². The van der Waals surface area contributed by atoms with E-state index in [1.165, 1.54) is 0 Å².